The number of benzene rings is 1. The first-order chi connectivity index (χ1) is 12.0. The summed E-state index contributed by atoms with van der Waals surface area (Å²) in [6.07, 6.45) is 6.60. The second-order valence-corrected chi connectivity index (χ2v) is 6.36. The van der Waals surface area contributed by atoms with Crippen molar-refractivity contribution in [2.24, 2.45) is 4.99 Å². The van der Waals surface area contributed by atoms with Crippen molar-refractivity contribution in [3.8, 4) is 0 Å². The van der Waals surface area contributed by atoms with Gasteiger partial charge in [-0.3, -0.25) is 9.79 Å². The molecule has 0 spiro atoms. The number of hydrogen-bond acceptors (Lipinski definition) is 2. The number of rotatable bonds is 9. The molecule has 1 rings (SSSR count). The first-order valence-corrected chi connectivity index (χ1v) is 8.82. The predicted octanol–water partition coefficient (Wildman–Crippen LogP) is 3.76. The van der Waals surface area contributed by atoms with Crippen LogP contribution in [0.2, 0.25) is 0 Å². The molecule has 0 aliphatic heterocycles. The smallest absolute Gasteiger partial charge is 0.253 e. The van der Waals surface area contributed by atoms with Gasteiger partial charge in [0, 0.05) is 46.8 Å². The SMILES string of the molecule is C=CCCCCCN(C)C(=NC)NCc1ccc(C(=O)N(C)C)cc1.I. The molecule has 0 radical (unpaired) electrons. The van der Waals surface area contributed by atoms with E-state index >= 15 is 0 Å². The monoisotopic (exact) mass is 472 g/mol. The average molecular weight is 472 g/mol. The van der Waals surface area contributed by atoms with Gasteiger partial charge in [0.2, 0.25) is 0 Å². The maximum absolute atomic E-state index is 11.9. The third-order valence-electron chi connectivity index (χ3n) is 4.03. The van der Waals surface area contributed by atoms with Crippen molar-refractivity contribution in [3.63, 3.8) is 0 Å². The van der Waals surface area contributed by atoms with E-state index in [1.807, 2.05) is 30.3 Å². The lowest BCUT2D eigenvalue weighted by molar-refractivity contribution is 0.0827. The molecule has 0 aliphatic rings. The van der Waals surface area contributed by atoms with Gasteiger partial charge in [-0.15, -0.1) is 30.6 Å². The summed E-state index contributed by atoms with van der Waals surface area (Å²) in [7, 11) is 7.38. The number of unbranched alkanes of at least 4 members (excludes halogenated alkanes) is 3. The Hall–Kier alpha value is -1.57. The molecule has 0 saturated carbocycles. The summed E-state index contributed by atoms with van der Waals surface area (Å²) in [4.78, 5) is 20.0. The third-order valence-corrected chi connectivity index (χ3v) is 4.03. The van der Waals surface area contributed by atoms with Crippen LogP contribution >= 0.6 is 24.0 Å². The van der Waals surface area contributed by atoms with E-state index in [9.17, 15) is 4.79 Å². The fraction of sp³-hybridized carbons (Fsp3) is 0.500. The van der Waals surface area contributed by atoms with E-state index in [2.05, 4.69) is 28.8 Å². The zero-order valence-electron chi connectivity index (χ0n) is 16.5. The number of carbonyl (C=O) groups excluding carboxylic acids is 1. The van der Waals surface area contributed by atoms with Crippen LogP contribution in [0.25, 0.3) is 0 Å². The zero-order chi connectivity index (χ0) is 18.7. The van der Waals surface area contributed by atoms with Crippen LogP contribution < -0.4 is 5.32 Å². The summed E-state index contributed by atoms with van der Waals surface area (Å²) in [5.74, 6) is 0.906. The van der Waals surface area contributed by atoms with Gasteiger partial charge in [0.05, 0.1) is 0 Å². The number of allylic oxidation sites excluding steroid dienone is 1. The van der Waals surface area contributed by atoms with Gasteiger partial charge in [-0.05, 0) is 37.0 Å². The van der Waals surface area contributed by atoms with Gasteiger partial charge in [-0.2, -0.15) is 0 Å². The minimum atomic E-state index is 0. The molecule has 0 aromatic heterocycles. The van der Waals surface area contributed by atoms with Crippen LogP contribution in [-0.4, -0.2) is 56.4 Å². The molecular formula is C20H33IN4O. The quantitative estimate of drug-likeness (QED) is 0.196. The Morgan fingerprint density at radius 1 is 1.15 bits per heavy atom. The normalized spacial score (nSPS) is 10.7. The predicted molar refractivity (Wildman–Crippen MR) is 121 cm³/mol. The number of amides is 1. The van der Waals surface area contributed by atoms with Gasteiger partial charge in [-0.25, -0.2) is 0 Å². The fourth-order valence-electron chi connectivity index (χ4n) is 2.51. The lowest BCUT2D eigenvalue weighted by atomic mass is 10.1. The van der Waals surface area contributed by atoms with Gasteiger partial charge in [0.15, 0.2) is 5.96 Å². The molecule has 6 heteroatoms. The number of nitrogens with one attached hydrogen (secondary N) is 1. The molecule has 26 heavy (non-hydrogen) atoms. The van der Waals surface area contributed by atoms with Gasteiger partial charge in [0.25, 0.3) is 5.91 Å². The number of carbonyl (C=O) groups is 1. The maximum atomic E-state index is 11.9. The lowest BCUT2D eigenvalue weighted by Crippen LogP contribution is -2.39. The molecule has 0 aliphatic carbocycles. The van der Waals surface area contributed by atoms with Gasteiger partial charge < -0.3 is 15.1 Å². The van der Waals surface area contributed by atoms with Gasteiger partial charge in [-0.1, -0.05) is 24.6 Å². The summed E-state index contributed by atoms with van der Waals surface area (Å²) in [6, 6.07) is 7.69. The molecule has 0 bridgehead atoms. The highest BCUT2D eigenvalue weighted by molar-refractivity contribution is 14.0. The number of nitrogens with zero attached hydrogens (tertiary/aromatic N) is 3. The Bertz CT molecular complexity index is 570. The molecular weight excluding hydrogens is 439 g/mol. The van der Waals surface area contributed by atoms with E-state index in [0.717, 1.165) is 30.9 Å². The summed E-state index contributed by atoms with van der Waals surface area (Å²) < 4.78 is 0. The fourth-order valence-corrected chi connectivity index (χ4v) is 2.51. The first-order valence-electron chi connectivity index (χ1n) is 8.82. The number of hydrogen-bond donors (Lipinski definition) is 1. The van der Waals surface area contributed by atoms with E-state index in [1.165, 1.54) is 12.8 Å². The van der Waals surface area contributed by atoms with Crippen molar-refractivity contribution in [1.29, 1.82) is 0 Å². The molecule has 0 saturated heterocycles. The highest BCUT2D eigenvalue weighted by Crippen LogP contribution is 2.07. The lowest BCUT2D eigenvalue weighted by Gasteiger charge is -2.22. The summed E-state index contributed by atoms with van der Waals surface area (Å²) in [5, 5.41) is 3.37. The van der Waals surface area contributed by atoms with E-state index < -0.39 is 0 Å². The molecule has 1 N–H and O–H groups in total. The Morgan fingerprint density at radius 3 is 2.35 bits per heavy atom. The third kappa shape index (κ3) is 8.69. The van der Waals surface area contributed by atoms with E-state index in [-0.39, 0.29) is 29.9 Å². The highest BCUT2D eigenvalue weighted by Gasteiger charge is 2.08. The van der Waals surface area contributed by atoms with Crippen LogP contribution in [0.1, 0.15) is 41.6 Å². The van der Waals surface area contributed by atoms with E-state index in [4.69, 9.17) is 0 Å². The summed E-state index contributed by atoms with van der Waals surface area (Å²) in [6.45, 7) is 5.41. The zero-order valence-corrected chi connectivity index (χ0v) is 18.8. The van der Waals surface area contributed by atoms with Gasteiger partial charge >= 0.3 is 0 Å². The molecule has 1 aromatic rings. The average Bonchev–Trinajstić information content (AvgIpc) is 2.61. The Kier molecular flexibility index (Phi) is 12.8. The molecule has 0 unspecified atom stereocenters. The molecule has 1 amide bonds. The van der Waals surface area contributed by atoms with E-state index in [0.29, 0.717) is 12.1 Å². The molecule has 5 nitrogen and oxygen atoms in total. The number of halogens is 1. The van der Waals surface area contributed by atoms with Crippen LogP contribution in [-0.2, 0) is 6.54 Å². The number of guanidine groups is 1. The first kappa shape index (κ1) is 24.4. The minimum absolute atomic E-state index is 0. The van der Waals surface area contributed by atoms with Gasteiger partial charge in [0.1, 0.15) is 0 Å². The molecule has 0 fully saturated rings. The van der Waals surface area contributed by atoms with Crippen LogP contribution in [0.15, 0.2) is 41.9 Å². The van der Waals surface area contributed by atoms with Crippen molar-refractivity contribution >= 4 is 35.8 Å². The highest BCUT2D eigenvalue weighted by atomic mass is 127. The second-order valence-electron chi connectivity index (χ2n) is 6.36. The van der Waals surface area contributed by atoms with Crippen LogP contribution in [0.5, 0.6) is 0 Å². The summed E-state index contributed by atoms with van der Waals surface area (Å²) >= 11 is 0. The van der Waals surface area contributed by atoms with Crippen LogP contribution in [0, 0.1) is 0 Å². The van der Waals surface area contributed by atoms with Crippen molar-refractivity contribution in [1.82, 2.24) is 15.1 Å². The molecule has 146 valence electrons. The number of aliphatic imine (C=N–C) groups is 1. The van der Waals surface area contributed by atoms with Crippen LogP contribution in [0.4, 0.5) is 0 Å². The van der Waals surface area contributed by atoms with Crippen LogP contribution in [0.3, 0.4) is 0 Å². The minimum Gasteiger partial charge on any atom is -0.352 e. The topological polar surface area (TPSA) is 47.9 Å². The Labute approximate surface area is 175 Å². The van der Waals surface area contributed by atoms with Crippen molar-refractivity contribution in [2.45, 2.75) is 32.2 Å². The standard InChI is InChI=1S/C20H32N4O.HI/c1-6-7-8-9-10-15-24(5)20(21-2)22-16-17-11-13-18(14-12-17)19(25)23(3)4;/h6,11-14H,1,7-10,15-16H2,2-5H3,(H,21,22);1H. The molecule has 0 atom stereocenters. The molecule has 0 heterocycles. The van der Waals surface area contributed by atoms with E-state index in [1.54, 1.807) is 26.0 Å². The second kappa shape index (κ2) is 13.6. The molecule has 1 aromatic carbocycles. The summed E-state index contributed by atoms with van der Waals surface area (Å²) in [5.41, 5.74) is 1.82. The van der Waals surface area contributed by atoms with Crippen molar-refractivity contribution in [2.75, 3.05) is 34.7 Å². The van der Waals surface area contributed by atoms with Crippen molar-refractivity contribution in [3.05, 3.63) is 48.0 Å². The van der Waals surface area contributed by atoms with Crippen molar-refractivity contribution < 1.29 is 4.79 Å². The maximum Gasteiger partial charge on any atom is 0.253 e. The largest absolute Gasteiger partial charge is 0.352 e. The Balaban J connectivity index is 0.00000625. The Morgan fingerprint density at radius 2 is 1.81 bits per heavy atom.